The van der Waals surface area contributed by atoms with Gasteiger partial charge in [-0.25, -0.2) is 19.3 Å². The van der Waals surface area contributed by atoms with Gasteiger partial charge in [-0.1, -0.05) is 12.5 Å². The van der Waals surface area contributed by atoms with E-state index in [4.69, 9.17) is 4.74 Å². The average Bonchev–Trinajstić information content (AvgIpc) is 3.39. The predicted octanol–water partition coefficient (Wildman–Crippen LogP) is 2.12. The van der Waals surface area contributed by atoms with E-state index in [9.17, 15) is 9.18 Å². The molecule has 1 aliphatic rings. The Morgan fingerprint density at radius 3 is 3.03 bits per heavy atom. The molecule has 2 aromatic heterocycles. The van der Waals surface area contributed by atoms with E-state index in [1.165, 1.54) is 24.5 Å². The third kappa shape index (κ3) is 4.38. The zero-order chi connectivity index (χ0) is 20.9. The number of imidazole rings is 1. The lowest BCUT2D eigenvalue weighted by atomic mass is 10.2. The van der Waals surface area contributed by atoms with Crippen LogP contribution in [0.5, 0.6) is 5.75 Å². The van der Waals surface area contributed by atoms with E-state index in [-0.39, 0.29) is 24.4 Å². The van der Waals surface area contributed by atoms with Crippen molar-refractivity contribution in [2.24, 2.45) is 0 Å². The number of fused-ring (bicyclic) bond motifs is 1. The van der Waals surface area contributed by atoms with Gasteiger partial charge in [-0.05, 0) is 42.7 Å². The Kier molecular flexibility index (Phi) is 5.57. The molecule has 30 heavy (non-hydrogen) atoms. The first-order chi connectivity index (χ1) is 14.6. The largest absolute Gasteiger partial charge is 0.481 e. The number of likely N-dealkylation sites (tertiary alicyclic amines) is 1. The maximum atomic E-state index is 12.9. The summed E-state index contributed by atoms with van der Waals surface area (Å²) in [6, 6.07) is 5.81. The molecule has 3 aromatic rings. The number of aromatic nitrogens is 4. The number of hydrogen-bond donors (Lipinski definition) is 2. The summed E-state index contributed by atoms with van der Waals surface area (Å²) in [5, 5.41) is 3.35. The van der Waals surface area contributed by atoms with Gasteiger partial charge < -0.3 is 19.9 Å². The van der Waals surface area contributed by atoms with E-state index in [2.05, 4.69) is 43.7 Å². The van der Waals surface area contributed by atoms with Gasteiger partial charge >= 0.3 is 0 Å². The third-order valence-corrected chi connectivity index (χ3v) is 4.64. The van der Waals surface area contributed by atoms with Crippen LogP contribution in [0.25, 0.3) is 11.2 Å². The minimum Gasteiger partial charge on any atom is -0.481 e. The molecule has 1 aliphatic heterocycles. The Labute approximate surface area is 172 Å². The van der Waals surface area contributed by atoms with E-state index < -0.39 is 0 Å². The fourth-order valence-corrected chi connectivity index (χ4v) is 3.17. The van der Waals surface area contributed by atoms with Crippen molar-refractivity contribution in [3.63, 3.8) is 0 Å². The van der Waals surface area contributed by atoms with Gasteiger partial charge in [0.25, 0.3) is 0 Å². The molecule has 1 amide bonds. The molecule has 9 heteroatoms. The number of benzene rings is 1. The minimum atomic E-state index is -0.321. The lowest BCUT2D eigenvalue weighted by Crippen LogP contribution is -2.30. The van der Waals surface area contributed by atoms with Crippen molar-refractivity contribution in [1.82, 2.24) is 24.8 Å². The predicted molar refractivity (Wildman–Crippen MR) is 109 cm³/mol. The van der Waals surface area contributed by atoms with Gasteiger partial charge in [0, 0.05) is 19.1 Å². The summed E-state index contributed by atoms with van der Waals surface area (Å²) in [6.07, 6.45) is 3.57. The monoisotopic (exact) mass is 406 g/mol. The first-order valence-electron chi connectivity index (χ1n) is 9.38. The Bertz CT molecular complexity index is 1130. The molecule has 0 bridgehead atoms. The maximum Gasteiger partial charge on any atom is 0.246 e. The summed E-state index contributed by atoms with van der Waals surface area (Å²) < 4.78 is 18.3. The van der Waals surface area contributed by atoms with Crippen LogP contribution in [0.2, 0.25) is 0 Å². The van der Waals surface area contributed by atoms with E-state index >= 15 is 0 Å². The second-order valence-electron chi connectivity index (χ2n) is 6.67. The number of amides is 1. The highest BCUT2D eigenvalue weighted by molar-refractivity contribution is 5.87. The first-order valence-corrected chi connectivity index (χ1v) is 9.38. The summed E-state index contributed by atoms with van der Waals surface area (Å²) in [5.41, 5.74) is 1.14. The van der Waals surface area contributed by atoms with Crippen molar-refractivity contribution < 1.29 is 13.9 Å². The summed E-state index contributed by atoms with van der Waals surface area (Å²) >= 11 is 0. The molecule has 0 aliphatic carbocycles. The standard InChI is InChI=1S/C21H19FN6O2/c1-2-18(29)28-10-9-15(12-28)25-20-19-21(24-13-23-20)27-17(26-19)4-3-11-30-16-7-5-14(22)6-8-16/h2,5-8,13,15H,1,9-12H2,(H2,23,24,25,26,27). The Balaban J connectivity index is 1.42. The molecule has 152 valence electrons. The molecule has 4 rings (SSSR count). The van der Waals surface area contributed by atoms with E-state index in [0.717, 1.165) is 6.42 Å². The Morgan fingerprint density at radius 2 is 2.23 bits per heavy atom. The molecule has 8 nitrogen and oxygen atoms in total. The number of carbonyl (C=O) groups excluding carboxylic acids is 1. The van der Waals surface area contributed by atoms with Crippen LogP contribution in [0.1, 0.15) is 12.2 Å². The average molecular weight is 406 g/mol. The van der Waals surface area contributed by atoms with Crippen molar-refractivity contribution in [3.05, 3.63) is 54.9 Å². The van der Waals surface area contributed by atoms with Crippen molar-refractivity contribution in [3.8, 4) is 17.6 Å². The molecular weight excluding hydrogens is 387 g/mol. The summed E-state index contributed by atoms with van der Waals surface area (Å²) in [7, 11) is 0. The van der Waals surface area contributed by atoms with Crippen LogP contribution >= 0.6 is 0 Å². The molecule has 1 unspecified atom stereocenters. The number of aromatic amines is 1. The lowest BCUT2D eigenvalue weighted by Gasteiger charge is -2.15. The van der Waals surface area contributed by atoms with Crippen molar-refractivity contribution in [2.45, 2.75) is 12.5 Å². The molecule has 1 saturated heterocycles. The highest BCUT2D eigenvalue weighted by Crippen LogP contribution is 2.20. The number of rotatable bonds is 5. The van der Waals surface area contributed by atoms with Gasteiger partial charge in [-0.3, -0.25) is 4.79 Å². The highest BCUT2D eigenvalue weighted by atomic mass is 19.1. The van der Waals surface area contributed by atoms with Crippen LogP contribution in [-0.2, 0) is 4.79 Å². The molecule has 0 radical (unpaired) electrons. The second kappa shape index (κ2) is 8.61. The van der Waals surface area contributed by atoms with Crippen LogP contribution < -0.4 is 10.1 Å². The van der Waals surface area contributed by atoms with Gasteiger partial charge in [-0.2, -0.15) is 0 Å². The third-order valence-electron chi connectivity index (χ3n) is 4.64. The van der Waals surface area contributed by atoms with Crippen molar-refractivity contribution in [1.29, 1.82) is 0 Å². The quantitative estimate of drug-likeness (QED) is 0.498. The number of nitrogens with zero attached hydrogens (tertiary/aromatic N) is 4. The van der Waals surface area contributed by atoms with Crippen LogP contribution in [0.3, 0.4) is 0 Å². The van der Waals surface area contributed by atoms with Gasteiger partial charge in [0.05, 0.1) is 0 Å². The Morgan fingerprint density at radius 1 is 1.40 bits per heavy atom. The van der Waals surface area contributed by atoms with E-state index in [1.807, 2.05) is 0 Å². The molecular formula is C21H19FN6O2. The van der Waals surface area contributed by atoms with Gasteiger partial charge in [0.2, 0.25) is 5.91 Å². The van der Waals surface area contributed by atoms with Crippen molar-refractivity contribution >= 4 is 22.9 Å². The van der Waals surface area contributed by atoms with Crippen LogP contribution in [-0.4, -0.2) is 56.5 Å². The van der Waals surface area contributed by atoms with Crippen molar-refractivity contribution in [2.75, 3.05) is 25.0 Å². The Hall–Kier alpha value is -3.93. The SMILES string of the molecule is C=CC(=O)N1CCC(Nc2ncnc3nc(C#CCOc4ccc(F)cc4)[nH]c23)C1. The first kappa shape index (κ1) is 19.4. The minimum absolute atomic E-state index is 0.0749. The fraction of sp³-hybridized carbons (Fsp3) is 0.238. The molecule has 2 N–H and O–H groups in total. The zero-order valence-electron chi connectivity index (χ0n) is 16.1. The number of H-pyrrole nitrogens is 1. The molecule has 1 aromatic carbocycles. The van der Waals surface area contributed by atoms with Gasteiger partial charge in [0.15, 0.2) is 17.3 Å². The summed E-state index contributed by atoms with van der Waals surface area (Å²) in [5.74, 6) is 6.94. The number of carbonyl (C=O) groups is 1. The number of hydrogen-bond acceptors (Lipinski definition) is 6. The van der Waals surface area contributed by atoms with Gasteiger partial charge in [0.1, 0.15) is 30.0 Å². The highest BCUT2D eigenvalue weighted by Gasteiger charge is 2.25. The number of halogens is 1. The molecule has 1 atom stereocenters. The van der Waals surface area contributed by atoms with Crippen LogP contribution in [0, 0.1) is 17.7 Å². The topological polar surface area (TPSA) is 96.0 Å². The zero-order valence-corrected chi connectivity index (χ0v) is 16.1. The van der Waals surface area contributed by atoms with E-state index in [0.29, 0.717) is 41.6 Å². The maximum absolute atomic E-state index is 12.9. The molecule has 0 saturated carbocycles. The normalized spacial score (nSPS) is 15.5. The van der Waals surface area contributed by atoms with E-state index in [1.54, 1.807) is 17.0 Å². The summed E-state index contributed by atoms with van der Waals surface area (Å²) in [4.78, 5) is 29.4. The number of ether oxygens (including phenoxy) is 1. The molecule has 1 fully saturated rings. The molecule has 3 heterocycles. The lowest BCUT2D eigenvalue weighted by molar-refractivity contribution is -0.125. The molecule has 0 spiro atoms. The smallest absolute Gasteiger partial charge is 0.246 e. The van der Waals surface area contributed by atoms with Gasteiger partial charge in [-0.15, -0.1) is 0 Å². The fourth-order valence-electron chi connectivity index (χ4n) is 3.17. The number of anilines is 1. The van der Waals surface area contributed by atoms with Crippen LogP contribution in [0.4, 0.5) is 10.2 Å². The second-order valence-corrected chi connectivity index (χ2v) is 6.67. The summed E-state index contributed by atoms with van der Waals surface area (Å²) in [6.45, 7) is 4.91. The van der Waals surface area contributed by atoms with Crippen LogP contribution in [0.15, 0.2) is 43.2 Å². The number of nitrogens with one attached hydrogen (secondary N) is 2.